The second kappa shape index (κ2) is 11.2. The van der Waals surface area contributed by atoms with E-state index in [-0.39, 0.29) is 12.1 Å². The van der Waals surface area contributed by atoms with Crippen LogP contribution in [-0.2, 0) is 21.4 Å². The smallest absolute Gasteiger partial charge is 0.335 e. The molecule has 1 aromatic heterocycles. The van der Waals surface area contributed by atoms with Crippen LogP contribution >= 0.6 is 23.2 Å². The molecule has 5 aromatic rings. The van der Waals surface area contributed by atoms with E-state index in [2.05, 4.69) is 0 Å². The highest BCUT2D eigenvalue weighted by atomic mass is 35.5. The predicted octanol–water partition coefficient (Wildman–Crippen LogP) is 5.98. The van der Waals surface area contributed by atoms with Crippen LogP contribution in [0.25, 0.3) is 28.1 Å². The number of carbonyl (C=O) groups is 2. The summed E-state index contributed by atoms with van der Waals surface area (Å²) >= 11 is 12.6. The minimum atomic E-state index is -3.93. The van der Waals surface area contributed by atoms with Crippen LogP contribution in [0.15, 0.2) is 97.2 Å². The highest BCUT2D eigenvalue weighted by Gasteiger charge is 2.33. The van der Waals surface area contributed by atoms with Gasteiger partial charge in [-0.3, -0.25) is 4.79 Å². The van der Waals surface area contributed by atoms with Crippen LogP contribution in [0.4, 0.5) is 5.69 Å². The minimum absolute atomic E-state index is 0.216. The lowest BCUT2D eigenvalue weighted by molar-refractivity contribution is -0.117. The molecule has 0 spiro atoms. The highest BCUT2D eigenvalue weighted by Crippen LogP contribution is 2.32. The first-order valence-electron chi connectivity index (χ1n) is 13.0. The van der Waals surface area contributed by atoms with Crippen LogP contribution in [-0.4, -0.2) is 41.5 Å². The van der Waals surface area contributed by atoms with Crippen molar-refractivity contribution in [1.82, 2.24) is 14.3 Å². The Morgan fingerprint density at radius 1 is 0.907 bits per heavy atom. The molecule has 6 rings (SSSR count). The third-order valence-electron chi connectivity index (χ3n) is 6.98. The summed E-state index contributed by atoms with van der Waals surface area (Å²) in [6, 6.07) is 26.5. The topological polar surface area (TPSA) is 122 Å². The van der Waals surface area contributed by atoms with Gasteiger partial charge in [-0.05, 0) is 71.3 Å². The first-order chi connectivity index (χ1) is 20.6. The summed E-state index contributed by atoms with van der Waals surface area (Å²) in [5, 5.41) is 10.3. The lowest BCUT2D eigenvalue weighted by atomic mass is 10.0. The van der Waals surface area contributed by atoms with Crippen molar-refractivity contribution in [2.75, 3.05) is 10.8 Å². The fourth-order valence-electron chi connectivity index (χ4n) is 4.88. The fraction of sp³-hybridized carbons (Fsp3) is 0.0645. The van der Waals surface area contributed by atoms with E-state index in [1.807, 2.05) is 45.8 Å². The standard InChI is InChI=1S/C31H22Cl2N4O5S/c32-23-8-13-26(27(33)16-23)28-17-36(24-9-11-25(12-10-24)37-18-30(38)35-43(37,41)42)29(34-28)14-19-4-6-20(7-5-19)21-2-1-3-22(15-21)31(39)40/h1-13,15-17H,14,18H2,(H,35,38)(H,39,40). The lowest BCUT2D eigenvalue weighted by Crippen LogP contribution is -2.29. The number of hydrogen-bond donors (Lipinski definition) is 2. The van der Waals surface area contributed by atoms with Gasteiger partial charge in [0.15, 0.2) is 0 Å². The second-order valence-corrected chi connectivity index (χ2v) is 12.3. The number of amides is 1. The van der Waals surface area contributed by atoms with E-state index in [9.17, 15) is 23.1 Å². The van der Waals surface area contributed by atoms with Gasteiger partial charge < -0.3 is 9.67 Å². The van der Waals surface area contributed by atoms with Gasteiger partial charge in [-0.1, -0.05) is 59.6 Å². The molecule has 1 saturated heterocycles. The monoisotopic (exact) mass is 632 g/mol. The van der Waals surface area contributed by atoms with Gasteiger partial charge in [-0.25, -0.2) is 18.8 Å². The molecule has 2 N–H and O–H groups in total. The van der Waals surface area contributed by atoms with Crippen molar-refractivity contribution in [3.63, 3.8) is 0 Å². The maximum Gasteiger partial charge on any atom is 0.335 e. The number of carboxylic acid groups (broad SMARTS) is 1. The first-order valence-corrected chi connectivity index (χ1v) is 15.2. The lowest BCUT2D eigenvalue weighted by Gasteiger charge is -2.15. The average molecular weight is 634 g/mol. The summed E-state index contributed by atoms with van der Waals surface area (Å²) in [7, 11) is -3.93. The van der Waals surface area contributed by atoms with E-state index < -0.39 is 22.1 Å². The van der Waals surface area contributed by atoms with Crippen molar-refractivity contribution in [2.24, 2.45) is 0 Å². The molecule has 216 valence electrons. The number of hydrogen-bond acceptors (Lipinski definition) is 5. The molecule has 0 unspecified atom stereocenters. The zero-order valence-electron chi connectivity index (χ0n) is 22.2. The molecule has 1 aliphatic heterocycles. The summed E-state index contributed by atoms with van der Waals surface area (Å²) in [5.74, 6) is -0.881. The zero-order chi connectivity index (χ0) is 30.3. The third kappa shape index (κ3) is 5.85. The number of anilines is 1. The average Bonchev–Trinajstić information content (AvgIpc) is 3.52. The van der Waals surface area contributed by atoms with Crippen molar-refractivity contribution in [3.05, 3.63) is 124 Å². The fourth-order valence-corrected chi connectivity index (χ4v) is 6.53. The number of rotatable bonds is 7. The van der Waals surface area contributed by atoms with E-state index in [0.29, 0.717) is 39.2 Å². The van der Waals surface area contributed by atoms with Crippen LogP contribution in [0.5, 0.6) is 0 Å². The third-order valence-corrected chi connectivity index (χ3v) is 8.93. The SMILES string of the molecule is O=C1CN(c2ccc(-n3cc(-c4ccc(Cl)cc4Cl)nc3Cc3ccc(-c4cccc(C(=O)O)c4)cc3)cc2)S(=O)(=O)N1. The van der Waals surface area contributed by atoms with Crippen LogP contribution in [0, 0.1) is 0 Å². The Bertz CT molecular complexity index is 1990. The van der Waals surface area contributed by atoms with E-state index in [0.717, 1.165) is 26.7 Å². The summed E-state index contributed by atoms with van der Waals surface area (Å²) in [6.45, 7) is -0.284. The number of carbonyl (C=O) groups excluding carboxylic acids is 1. The van der Waals surface area contributed by atoms with E-state index in [1.54, 1.807) is 60.7 Å². The van der Waals surface area contributed by atoms with Crippen molar-refractivity contribution >= 4 is 51.0 Å². The molecule has 1 fully saturated rings. The minimum Gasteiger partial charge on any atom is -0.478 e. The Hall–Kier alpha value is -4.64. The van der Waals surface area contributed by atoms with Gasteiger partial charge in [0.1, 0.15) is 12.4 Å². The molecule has 0 atom stereocenters. The maximum atomic E-state index is 12.3. The molecular formula is C31H22Cl2N4O5S. The molecule has 4 aromatic carbocycles. The van der Waals surface area contributed by atoms with Crippen LogP contribution in [0.2, 0.25) is 10.0 Å². The number of halogens is 2. The Morgan fingerprint density at radius 2 is 1.63 bits per heavy atom. The van der Waals surface area contributed by atoms with Crippen LogP contribution in [0.1, 0.15) is 21.7 Å². The Balaban J connectivity index is 1.35. The molecule has 0 aliphatic carbocycles. The number of nitrogens with one attached hydrogen (secondary N) is 1. The van der Waals surface area contributed by atoms with Crippen molar-refractivity contribution in [2.45, 2.75) is 6.42 Å². The van der Waals surface area contributed by atoms with E-state index in [4.69, 9.17) is 28.2 Å². The Labute approximate surface area is 257 Å². The maximum absolute atomic E-state index is 12.3. The number of imidazole rings is 1. The summed E-state index contributed by atoms with van der Waals surface area (Å²) in [5.41, 5.74) is 5.25. The van der Waals surface area contributed by atoms with Gasteiger partial charge in [0.05, 0.1) is 22.0 Å². The van der Waals surface area contributed by atoms with Crippen molar-refractivity contribution in [1.29, 1.82) is 0 Å². The molecule has 0 bridgehead atoms. The number of benzene rings is 4. The molecule has 0 radical (unpaired) electrons. The molecule has 43 heavy (non-hydrogen) atoms. The number of aromatic carboxylic acids is 1. The van der Waals surface area contributed by atoms with Crippen molar-refractivity contribution in [3.8, 4) is 28.1 Å². The Kier molecular flexibility index (Phi) is 7.43. The van der Waals surface area contributed by atoms with Gasteiger partial charge in [0.2, 0.25) is 0 Å². The molecule has 2 heterocycles. The highest BCUT2D eigenvalue weighted by molar-refractivity contribution is 7.92. The second-order valence-electron chi connectivity index (χ2n) is 9.85. The molecular weight excluding hydrogens is 611 g/mol. The van der Waals surface area contributed by atoms with E-state index in [1.165, 1.54) is 0 Å². The van der Waals surface area contributed by atoms with Gasteiger partial charge in [0.25, 0.3) is 5.91 Å². The Morgan fingerprint density at radius 3 is 2.28 bits per heavy atom. The van der Waals surface area contributed by atoms with Crippen LogP contribution < -0.4 is 9.03 Å². The molecule has 0 saturated carbocycles. The van der Waals surface area contributed by atoms with Gasteiger partial charge >= 0.3 is 16.2 Å². The number of aromatic nitrogens is 2. The first kappa shape index (κ1) is 28.5. The predicted molar refractivity (Wildman–Crippen MR) is 165 cm³/mol. The van der Waals surface area contributed by atoms with E-state index >= 15 is 0 Å². The number of nitrogens with zero attached hydrogens (tertiary/aromatic N) is 3. The molecule has 9 nitrogen and oxygen atoms in total. The van der Waals surface area contributed by atoms with Gasteiger partial charge in [0, 0.05) is 28.9 Å². The summed E-state index contributed by atoms with van der Waals surface area (Å²) in [4.78, 5) is 28.0. The van der Waals surface area contributed by atoms with Gasteiger partial charge in [-0.15, -0.1) is 0 Å². The molecule has 1 amide bonds. The quantitative estimate of drug-likeness (QED) is 0.227. The normalized spacial score (nSPS) is 14.1. The van der Waals surface area contributed by atoms with Crippen LogP contribution in [0.3, 0.4) is 0 Å². The summed E-state index contributed by atoms with van der Waals surface area (Å²) in [6.07, 6.45) is 2.30. The molecule has 1 aliphatic rings. The largest absolute Gasteiger partial charge is 0.478 e. The molecule has 12 heteroatoms. The summed E-state index contributed by atoms with van der Waals surface area (Å²) < 4.78 is 29.5. The van der Waals surface area contributed by atoms with Crippen molar-refractivity contribution < 1.29 is 23.1 Å². The van der Waals surface area contributed by atoms with Gasteiger partial charge in [-0.2, -0.15) is 8.42 Å². The number of carboxylic acids is 1. The zero-order valence-corrected chi connectivity index (χ0v) is 24.6.